The Morgan fingerprint density at radius 3 is 2.83 bits per heavy atom. The average molecular weight is 402 g/mol. The van der Waals surface area contributed by atoms with Crippen LogP contribution in [0.4, 0.5) is 0 Å². The zero-order chi connectivity index (χ0) is 20.5. The Balaban J connectivity index is 1.29. The molecule has 0 spiro atoms. The Bertz CT molecular complexity index is 1040. The van der Waals surface area contributed by atoms with Crippen molar-refractivity contribution in [3.05, 3.63) is 82.4 Å². The van der Waals surface area contributed by atoms with E-state index in [0.717, 1.165) is 50.4 Å². The van der Waals surface area contributed by atoms with Gasteiger partial charge in [-0.15, -0.1) is 0 Å². The fourth-order valence-corrected chi connectivity index (χ4v) is 4.68. The number of pyridine rings is 1. The predicted molar refractivity (Wildman–Crippen MR) is 115 cm³/mol. The van der Waals surface area contributed by atoms with Crippen LogP contribution in [0.15, 0.2) is 48.5 Å². The van der Waals surface area contributed by atoms with Gasteiger partial charge in [0.1, 0.15) is 5.69 Å². The molecule has 2 aliphatic heterocycles. The number of carbonyl (C=O) groups excluding carboxylic acids is 1. The summed E-state index contributed by atoms with van der Waals surface area (Å²) in [5, 5.41) is 7.97. The summed E-state index contributed by atoms with van der Waals surface area (Å²) >= 11 is 0. The highest BCUT2D eigenvalue weighted by molar-refractivity contribution is 5.92. The van der Waals surface area contributed by atoms with Crippen LogP contribution >= 0.6 is 0 Å². The number of aromatic amines is 1. The molecule has 0 aliphatic carbocycles. The van der Waals surface area contributed by atoms with Gasteiger partial charge in [0.25, 0.3) is 5.91 Å². The Kier molecular flexibility index (Phi) is 5.09. The molecule has 154 valence electrons. The van der Waals surface area contributed by atoms with Crippen LogP contribution in [0, 0.1) is 6.92 Å². The Labute approximate surface area is 176 Å². The average Bonchev–Trinajstić information content (AvgIpc) is 3.41. The Morgan fingerprint density at radius 1 is 1.13 bits per heavy atom. The van der Waals surface area contributed by atoms with E-state index in [-0.39, 0.29) is 11.8 Å². The molecule has 1 amide bonds. The van der Waals surface area contributed by atoms with Crippen molar-refractivity contribution in [3.63, 3.8) is 0 Å². The molecule has 1 unspecified atom stereocenters. The number of hydrogen-bond donors (Lipinski definition) is 1. The van der Waals surface area contributed by atoms with Gasteiger partial charge in [-0.05, 0) is 31.0 Å². The van der Waals surface area contributed by atoms with Gasteiger partial charge in [-0.25, -0.2) is 4.98 Å². The summed E-state index contributed by atoms with van der Waals surface area (Å²) in [5.41, 5.74) is 6.50. The number of aryl methyl sites for hydroxylation is 1. The molecular weight excluding hydrogens is 374 g/mol. The van der Waals surface area contributed by atoms with Gasteiger partial charge in [-0.1, -0.05) is 36.4 Å². The summed E-state index contributed by atoms with van der Waals surface area (Å²) < 4.78 is 0. The summed E-state index contributed by atoms with van der Waals surface area (Å²) in [6, 6.07) is 16.3. The molecule has 1 atom stereocenters. The maximum Gasteiger partial charge on any atom is 0.272 e. The number of nitrogens with zero attached hydrogens (tertiary/aromatic N) is 4. The summed E-state index contributed by atoms with van der Waals surface area (Å²) in [6.07, 6.45) is 1.95. The van der Waals surface area contributed by atoms with E-state index in [1.165, 1.54) is 16.8 Å². The normalized spacial score (nSPS) is 19.1. The van der Waals surface area contributed by atoms with Crippen LogP contribution in [0.1, 0.15) is 51.0 Å². The molecule has 3 aromatic rings. The summed E-state index contributed by atoms with van der Waals surface area (Å²) in [4.78, 5) is 21.7. The number of aromatic nitrogens is 3. The summed E-state index contributed by atoms with van der Waals surface area (Å²) in [7, 11) is 0. The molecule has 1 saturated heterocycles. The molecule has 6 heteroatoms. The van der Waals surface area contributed by atoms with Crippen LogP contribution in [-0.4, -0.2) is 50.5 Å². The van der Waals surface area contributed by atoms with Crippen molar-refractivity contribution in [1.29, 1.82) is 0 Å². The van der Waals surface area contributed by atoms with Gasteiger partial charge >= 0.3 is 0 Å². The van der Waals surface area contributed by atoms with Crippen molar-refractivity contribution < 1.29 is 4.79 Å². The number of nitrogens with one attached hydrogen (secondary N) is 1. The number of hydrogen-bond acceptors (Lipinski definition) is 4. The molecule has 2 aliphatic rings. The van der Waals surface area contributed by atoms with E-state index in [1.54, 1.807) is 6.07 Å². The second-order valence-electron chi connectivity index (χ2n) is 8.41. The Hall–Kier alpha value is -2.99. The van der Waals surface area contributed by atoms with Crippen molar-refractivity contribution in [2.75, 3.05) is 19.6 Å². The lowest BCUT2D eigenvalue weighted by Crippen LogP contribution is -2.31. The monoisotopic (exact) mass is 401 g/mol. The standard InChI is InChI=1S/C24H27N5O/c1-17-6-5-9-22(25-17)24(30)29-13-10-19(15-29)23-20-16-28(12-11-21(20)26-27-23)14-18-7-3-2-4-8-18/h2-9,19H,10-16H2,1H3,(H,26,27). The first kappa shape index (κ1) is 19.0. The fraction of sp³-hybridized carbons (Fsp3) is 0.375. The van der Waals surface area contributed by atoms with Crippen LogP contribution in [0.5, 0.6) is 0 Å². The van der Waals surface area contributed by atoms with E-state index in [0.29, 0.717) is 12.2 Å². The van der Waals surface area contributed by atoms with Gasteiger partial charge in [-0.3, -0.25) is 14.8 Å². The number of likely N-dealkylation sites (tertiary alicyclic amines) is 1. The first-order valence-electron chi connectivity index (χ1n) is 10.7. The maximum absolute atomic E-state index is 12.9. The van der Waals surface area contributed by atoms with E-state index >= 15 is 0 Å². The lowest BCUT2D eigenvalue weighted by molar-refractivity contribution is 0.0784. The predicted octanol–water partition coefficient (Wildman–Crippen LogP) is 3.30. The molecule has 0 bridgehead atoms. The van der Waals surface area contributed by atoms with E-state index < -0.39 is 0 Å². The van der Waals surface area contributed by atoms with Gasteiger partial charge in [0.15, 0.2) is 0 Å². The van der Waals surface area contributed by atoms with E-state index in [1.807, 2.05) is 24.0 Å². The molecule has 1 N–H and O–H groups in total. The minimum atomic E-state index is 0.0244. The highest BCUT2D eigenvalue weighted by Crippen LogP contribution is 2.32. The van der Waals surface area contributed by atoms with Crippen molar-refractivity contribution in [2.45, 2.75) is 38.8 Å². The van der Waals surface area contributed by atoms with Gasteiger partial charge in [-0.2, -0.15) is 5.10 Å². The van der Waals surface area contributed by atoms with Gasteiger partial charge in [0.05, 0.1) is 5.69 Å². The smallest absolute Gasteiger partial charge is 0.272 e. The third-order valence-corrected chi connectivity index (χ3v) is 6.26. The van der Waals surface area contributed by atoms with Gasteiger partial charge < -0.3 is 4.90 Å². The number of rotatable bonds is 4. The van der Waals surface area contributed by atoms with E-state index in [4.69, 9.17) is 5.10 Å². The van der Waals surface area contributed by atoms with Crippen LogP contribution in [0.25, 0.3) is 0 Å². The zero-order valence-corrected chi connectivity index (χ0v) is 17.3. The minimum absolute atomic E-state index is 0.0244. The zero-order valence-electron chi connectivity index (χ0n) is 17.3. The highest BCUT2D eigenvalue weighted by Gasteiger charge is 2.33. The molecule has 4 heterocycles. The SMILES string of the molecule is Cc1cccc(C(=O)N2CCC(c3n[nH]c4c3CN(Cc3ccccc3)CC4)C2)n1. The van der Waals surface area contributed by atoms with Crippen molar-refractivity contribution in [3.8, 4) is 0 Å². The van der Waals surface area contributed by atoms with Crippen molar-refractivity contribution >= 4 is 5.91 Å². The second kappa shape index (κ2) is 8.03. The van der Waals surface area contributed by atoms with E-state index in [9.17, 15) is 4.79 Å². The minimum Gasteiger partial charge on any atom is -0.337 e. The molecule has 30 heavy (non-hydrogen) atoms. The lowest BCUT2D eigenvalue weighted by atomic mass is 9.96. The summed E-state index contributed by atoms with van der Waals surface area (Å²) in [5.74, 6) is 0.312. The van der Waals surface area contributed by atoms with E-state index in [2.05, 4.69) is 45.3 Å². The Morgan fingerprint density at radius 2 is 2.00 bits per heavy atom. The quantitative estimate of drug-likeness (QED) is 0.729. The van der Waals surface area contributed by atoms with Crippen molar-refractivity contribution in [1.82, 2.24) is 25.0 Å². The largest absolute Gasteiger partial charge is 0.337 e. The molecule has 1 aromatic carbocycles. The molecule has 0 radical (unpaired) electrons. The topological polar surface area (TPSA) is 65.1 Å². The summed E-state index contributed by atoms with van der Waals surface area (Å²) in [6.45, 7) is 6.30. The molecule has 5 rings (SSSR count). The van der Waals surface area contributed by atoms with Crippen molar-refractivity contribution in [2.24, 2.45) is 0 Å². The van der Waals surface area contributed by atoms with Crippen LogP contribution in [-0.2, 0) is 19.5 Å². The third kappa shape index (κ3) is 3.75. The molecule has 0 saturated carbocycles. The van der Waals surface area contributed by atoms with Crippen LogP contribution in [0.2, 0.25) is 0 Å². The first-order chi connectivity index (χ1) is 14.7. The number of H-pyrrole nitrogens is 1. The number of amides is 1. The van der Waals surface area contributed by atoms with Crippen LogP contribution in [0.3, 0.4) is 0 Å². The molecule has 1 fully saturated rings. The maximum atomic E-state index is 12.9. The molecular formula is C24H27N5O. The molecule has 2 aromatic heterocycles. The second-order valence-corrected chi connectivity index (χ2v) is 8.41. The third-order valence-electron chi connectivity index (χ3n) is 6.26. The highest BCUT2D eigenvalue weighted by atomic mass is 16.2. The lowest BCUT2D eigenvalue weighted by Gasteiger charge is -2.27. The molecule has 6 nitrogen and oxygen atoms in total. The van der Waals surface area contributed by atoms with Gasteiger partial charge in [0, 0.05) is 62.0 Å². The fourth-order valence-electron chi connectivity index (χ4n) is 4.68. The number of fused-ring (bicyclic) bond motifs is 1. The number of carbonyl (C=O) groups is 1. The van der Waals surface area contributed by atoms with Crippen LogP contribution < -0.4 is 0 Å². The number of benzene rings is 1. The first-order valence-corrected chi connectivity index (χ1v) is 10.7. The van der Waals surface area contributed by atoms with Gasteiger partial charge in [0.2, 0.25) is 0 Å².